The highest BCUT2D eigenvalue weighted by Gasteiger charge is 2.58. The van der Waals surface area contributed by atoms with Gasteiger partial charge in [0, 0.05) is 12.2 Å². The molecule has 2 nitrogen and oxygen atoms in total. The van der Waals surface area contributed by atoms with E-state index in [1.54, 1.807) is 0 Å². The van der Waals surface area contributed by atoms with Crippen LogP contribution in [0.4, 0.5) is 0 Å². The highest BCUT2D eigenvalue weighted by Crippen LogP contribution is 2.67. The van der Waals surface area contributed by atoms with E-state index in [0.29, 0.717) is 12.2 Å². The lowest BCUT2D eigenvalue weighted by molar-refractivity contribution is 0.0751. The molecule has 4 N–H and O–H groups in total. The molecule has 0 radical (unpaired) electrons. The van der Waals surface area contributed by atoms with Crippen LogP contribution in [0, 0.1) is 16.2 Å². The van der Waals surface area contributed by atoms with E-state index in [2.05, 4.69) is 54.2 Å². The van der Waals surface area contributed by atoms with Gasteiger partial charge in [-0.25, -0.2) is 0 Å². The third-order valence-electron chi connectivity index (χ3n) is 5.41. The molecule has 0 unspecified atom stereocenters. The fraction of sp³-hybridized carbons (Fsp3) is 0.625. The smallest absolute Gasteiger partial charge is 0.0243 e. The van der Waals surface area contributed by atoms with Crippen LogP contribution in [0.5, 0.6) is 0 Å². The predicted molar refractivity (Wildman–Crippen MR) is 79.9 cm³/mol. The van der Waals surface area contributed by atoms with Crippen molar-refractivity contribution in [3.05, 3.63) is 35.6 Å². The van der Waals surface area contributed by atoms with Crippen LogP contribution in [0.3, 0.4) is 0 Å². The fourth-order valence-corrected chi connectivity index (χ4v) is 3.05. The van der Waals surface area contributed by atoms with E-state index in [1.165, 1.54) is 11.1 Å². The number of hydrogen-bond acceptors (Lipinski definition) is 2. The monoisotopic (exact) mass is 248 g/mol. The lowest BCUT2D eigenvalue weighted by Gasteiger charge is -2.43. The quantitative estimate of drug-likeness (QED) is 0.787. The van der Waals surface area contributed by atoms with Gasteiger partial charge in [-0.3, -0.25) is 0 Å². The number of nitrogens with two attached hydrogens (primary N) is 2. The number of rotatable bonds is 2. The second kappa shape index (κ2) is 4.27. The molecule has 2 heteroatoms. The molecule has 102 valence electrons. The molecule has 0 aromatic heterocycles. The van der Waals surface area contributed by atoms with Crippen LogP contribution in [-0.2, 0) is 0 Å². The third kappa shape index (κ3) is 1.83. The van der Waals surface area contributed by atoms with Gasteiger partial charge in [0.25, 0.3) is 0 Å². The summed E-state index contributed by atoms with van der Waals surface area (Å²) in [7, 11) is 0. The number of hydrogen-bond donors (Lipinski definition) is 2. The summed E-state index contributed by atoms with van der Waals surface area (Å²) >= 11 is 0. The zero-order valence-electron chi connectivity index (χ0n) is 12.7. The highest BCUT2D eigenvalue weighted by molar-refractivity contribution is 5.51. The molecule has 1 aliphatic carbocycles. The minimum Gasteiger partial charge on any atom is -0.399 e. The molecule has 0 bridgehead atoms. The predicted octanol–water partition coefficient (Wildman–Crippen LogP) is 3.36. The standard InChI is InChI=1S/C16H28N2/c1-11(18)10-13-12(8-9-17)14(2,3)16(6,7)15(13,4)5/h8,10H,1,9,17-18H2,2-7H3/b12-8+,13-10+. The van der Waals surface area contributed by atoms with Crippen LogP contribution in [0.2, 0.25) is 0 Å². The lowest BCUT2D eigenvalue weighted by atomic mass is 9.60. The summed E-state index contributed by atoms with van der Waals surface area (Å²) in [6.07, 6.45) is 4.14. The van der Waals surface area contributed by atoms with E-state index >= 15 is 0 Å². The molecule has 18 heavy (non-hydrogen) atoms. The zero-order chi connectivity index (χ0) is 14.4. The van der Waals surface area contributed by atoms with Gasteiger partial charge in [-0.2, -0.15) is 0 Å². The van der Waals surface area contributed by atoms with E-state index in [4.69, 9.17) is 11.5 Å². The van der Waals surface area contributed by atoms with E-state index in [1.807, 2.05) is 6.08 Å². The SMILES string of the molecule is C=C(N)/C=C1\C(=C/CN)C(C)(C)C(C)(C)C1(C)C. The first kappa shape index (κ1) is 15.0. The summed E-state index contributed by atoms with van der Waals surface area (Å²) in [5.41, 5.74) is 15.0. The lowest BCUT2D eigenvalue weighted by Crippen LogP contribution is -2.37. The highest BCUT2D eigenvalue weighted by atomic mass is 14.6. The van der Waals surface area contributed by atoms with Crippen LogP contribution in [0.25, 0.3) is 0 Å². The van der Waals surface area contributed by atoms with Crippen molar-refractivity contribution in [1.29, 1.82) is 0 Å². The summed E-state index contributed by atoms with van der Waals surface area (Å²) in [6.45, 7) is 18.1. The Balaban J connectivity index is 3.59. The molecule has 0 heterocycles. The van der Waals surface area contributed by atoms with E-state index in [-0.39, 0.29) is 16.2 Å². The average molecular weight is 248 g/mol. The van der Waals surface area contributed by atoms with Gasteiger partial charge in [-0.1, -0.05) is 54.2 Å². The molecule has 1 rings (SSSR count). The van der Waals surface area contributed by atoms with Gasteiger partial charge in [0.15, 0.2) is 0 Å². The van der Waals surface area contributed by atoms with Gasteiger partial charge in [-0.05, 0) is 33.5 Å². The van der Waals surface area contributed by atoms with Crippen LogP contribution in [-0.4, -0.2) is 6.54 Å². The first-order valence-corrected chi connectivity index (χ1v) is 6.57. The van der Waals surface area contributed by atoms with Gasteiger partial charge >= 0.3 is 0 Å². The maximum Gasteiger partial charge on any atom is 0.0243 e. The van der Waals surface area contributed by atoms with Crippen LogP contribution >= 0.6 is 0 Å². The minimum atomic E-state index is 0.0415. The molecule has 0 aliphatic heterocycles. The Morgan fingerprint density at radius 2 is 1.50 bits per heavy atom. The molecule has 0 aromatic carbocycles. The molecule has 0 atom stereocenters. The summed E-state index contributed by atoms with van der Waals surface area (Å²) < 4.78 is 0. The largest absolute Gasteiger partial charge is 0.399 e. The average Bonchev–Trinajstić information content (AvgIpc) is 2.29. The molecule has 0 spiro atoms. The second-order valence-corrected chi connectivity index (χ2v) is 6.86. The molecule has 1 aliphatic rings. The van der Waals surface area contributed by atoms with Gasteiger partial charge < -0.3 is 11.5 Å². The van der Waals surface area contributed by atoms with Crippen LogP contribution < -0.4 is 11.5 Å². The fourth-order valence-electron chi connectivity index (χ4n) is 3.05. The maximum atomic E-state index is 5.80. The van der Waals surface area contributed by atoms with Gasteiger partial charge in [0.1, 0.15) is 0 Å². The normalized spacial score (nSPS) is 28.8. The Bertz CT molecular complexity index is 420. The van der Waals surface area contributed by atoms with E-state index < -0.39 is 0 Å². The Hall–Kier alpha value is -1.02. The Kier molecular flexibility index (Phi) is 3.57. The Labute approximate surface area is 112 Å². The van der Waals surface area contributed by atoms with Gasteiger partial charge in [0.05, 0.1) is 0 Å². The minimum absolute atomic E-state index is 0.0415. The van der Waals surface area contributed by atoms with Crippen molar-refractivity contribution >= 4 is 0 Å². The topological polar surface area (TPSA) is 52.0 Å². The summed E-state index contributed by atoms with van der Waals surface area (Å²) in [5.74, 6) is 0. The van der Waals surface area contributed by atoms with Crippen LogP contribution in [0.1, 0.15) is 41.5 Å². The van der Waals surface area contributed by atoms with Gasteiger partial charge in [-0.15, -0.1) is 0 Å². The summed E-state index contributed by atoms with van der Waals surface area (Å²) in [6, 6.07) is 0. The molecule has 0 saturated heterocycles. The van der Waals surface area contributed by atoms with Crippen molar-refractivity contribution in [2.24, 2.45) is 27.7 Å². The Morgan fingerprint density at radius 3 is 1.89 bits per heavy atom. The second-order valence-electron chi connectivity index (χ2n) is 6.86. The molecule has 1 fully saturated rings. The van der Waals surface area contributed by atoms with E-state index in [0.717, 1.165) is 0 Å². The zero-order valence-corrected chi connectivity index (χ0v) is 12.7. The number of allylic oxidation sites excluding steroid dienone is 3. The molecule has 0 aromatic rings. The molecule has 1 saturated carbocycles. The van der Waals surface area contributed by atoms with Crippen molar-refractivity contribution in [2.45, 2.75) is 41.5 Å². The summed E-state index contributed by atoms with van der Waals surface area (Å²) in [5, 5.41) is 0. The van der Waals surface area contributed by atoms with Crippen molar-refractivity contribution in [3.63, 3.8) is 0 Å². The molecular formula is C16H28N2. The Morgan fingerprint density at radius 1 is 1.06 bits per heavy atom. The molecule has 0 amide bonds. The van der Waals surface area contributed by atoms with Gasteiger partial charge in [0.2, 0.25) is 0 Å². The molecular weight excluding hydrogens is 220 g/mol. The maximum absolute atomic E-state index is 5.80. The van der Waals surface area contributed by atoms with Crippen molar-refractivity contribution in [2.75, 3.05) is 6.54 Å². The summed E-state index contributed by atoms with van der Waals surface area (Å²) in [4.78, 5) is 0. The van der Waals surface area contributed by atoms with Crippen molar-refractivity contribution in [3.8, 4) is 0 Å². The van der Waals surface area contributed by atoms with Crippen molar-refractivity contribution < 1.29 is 0 Å². The third-order valence-corrected chi connectivity index (χ3v) is 5.41. The van der Waals surface area contributed by atoms with Crippen molar-refractivity contribution in [1.82, 2.24) is 0 Å². The van der Waals surface area contributed by atoms with Crippen LogP contribution in [0.15, 0.2) is 35.6 Å². The van der Waals surface area contributed by atoms with E-state index in [9.17, 15) is 0 Å². The first-order chi connectivity index (χ1) is 8.00. The first-order valence-electron chi connectivity index (χ1n) is 6.57.